The summed E-state index contributed by atoms with van der Waals surface area (Å²) in [5.74, 6) is 0. The van der Waals surface area contributed by atoms with E-state index in [9.17, 15) is 0 Å². The summed E-state index contributed by atoms with van der Waals surface area (Å²) >= 11 is 14.2. The minimum atomic E-state index is 0.623. The number of halogens is 4. The second-order valence-electron chi connectivity index (χ2n) is 13.5. The molecule has 0 aromatic heterocycles. The van der Waals surface area contributed by atoms with Crippen molar-refractivity contribution in [2.24, 2.45) is 0 Å². The zero-order valence-electron chi connectivity index (χ0n) is 27.3. The maximum atomic E-state index is 3.55. The van der Waals surface area contributed by atoms with Crippen LogP contribution in [0.25, 0.3) is 0 Å². The van der Waals surface area contributed by atoms with Crippen molar-refractivity contribution in [1.82, 2.24) is 0 Å². The van der Waals surface area contributed by atoms with Crippen molar-refractivity contribution in [3.63, 3.8) is 0 Å². The molecular formula is C40H44Br4N4. The van der Waals surface area contributed by atoms with Crippen molar-refractivity contribution < 1.29 is 0 Å². The van der Waals surface area contributed by atoms with Gasteiger partial charge in [-0.3, -0.25) is 0 Å². The molecule has 0 bridgehead atoms. The monoisotopic (exact) mass is 896 g/mol. The molecule has 4 aromatic carbocycles. The highest BCUT2D eigenvalue weighted by molar-refractivity contribution is 9.11. The topological polar surface area (TPSA) is 13.0 Å². The number of benzene rings is 4. The van der Waals surface area contributed by atoms with E-state index >= 15 is 0 Å². The molecule has 4 aliphatic heterocycles. The van der Waals surface area contributed by atoms with E-state index < -0.39 is 0 Å². The van der Waals surface area contributed by atoms with E-state index in [1.807, 2.05) is 0 Å². The molecule has 4 heterocycles. The first-order valence-electron chi connectivity index (χ1n) is 17.5. The quantitative estimate of drug-likeness (QED) is 0.191. The maximum Gasteiger partial charge on any atom is 0.0494 e. The molecule has 8 rings (SSSR count). The zero-order chi connectivity index (χ0) is 33.0. The third-order valence-electron chi connectivity index (χ3n) is 10.7. The Hall–Kier alpha value is -2.00. The highest BCUT2D eigenvalue weighted by atomic mass is 79.9. The minimum Gasteiger partial charge on any atom is -0.366 e. The Kier molecular flexibility index (Phi) is 11.4. The van der Waals surface area contributed by atoms with Crippen molar-refractivity contribution in [3.05, 3.63) is 115 Å². The fourth-order valence-electron chi connectivity index (χ4n) is 8.58. The smallest absolute Gasteiger partial charge is 0.0494 e. The summed E-state index contributed by atoms with van der Waals surface area (Å²) in [7, 11) is 0. The lowest BCUT2D eigenvalue weighted by Gasteiger charge is -2.37. The highest BCUT2D eigenvalue weighted by Crippen LogP contribution is 2.38. The molecule has 0 unspecified atom stereocenters. The normalized spacial score (nSPS) is 23.9. The fourth-order valence-corrected chi connectivity index (χ4v) is 9.64. The van der Waals surface area contributed by atoms with Crippen LogP contribution >= 0.6 is 63.7 Å². The summed E-state index contributed by atoms with van der Waals surface area (Å²) < 4.78 is 4.61. The van der Waals surface area contributed by atoms with Crippen LogP contribution < -0.4 is 19.6 Å². The molecule has 0 N–H and O–H groups in total. The molecule has 0 amide bonds. The van der Waals surface area contributed by atoms with Gasteiger partial charge in [-0.05, 0) is 148 Å². The molecule has 4 aliphatic rings. The lowest BCUT2D eigenvalue weighted by Crippen LogP contribution is -2.46. The van der Waals surface area contributed by atoms with E-state index in [4.69, 9.17) is 0 Å². The van der Waals surface area contributed by atoms with Gasteiger partial charge >= 0.3 is 0 Å². The minimum absolute atomic E-state index is 0.623. The summed E-state index contributed by atoms with van der Waals surface area (Å²) in [6.45, 7) is 4.71. The van der Waals surface area contributed by atoms with Gasteiger partial charge in [-0.1, -0.05) is 63.7 Å². The van der Waals surface area contributed by atoms with E-state index in [-0.39, 0.29) is 0 Å². The Morgan fingerprint density at radius 1 is 0.312 bits per heavy atom. The molecular weight excluding hydrogens is 856 g/mol. The third-order valence-corrected chi connectivity index (χ3v) is 12.8. The molecule has 4 atom stereocenters. The van der Waals surface area contributed by atoms with E-state index in [1.54, 1.807) is 0 Å². The molecule has 0 spiro atoms. The molecule has 252 valence electrons. The zero-order valence-corrected chi connectivity index (χ0v) is 33.7. The van der Waals surface area contributed by atoms with E-state index in [1.165, 1.54) is 100 Å². The lowest BCUT2D eigenvalue weighted by atomic mass is 10.0. The largest absolute Gasteiger partial charge is 0.366 e. The summed E-state index contributed by atoms with van der Waals surface area (Å²) in [6.07, 6.45) is 10.4. The highest BCUT2D eigenvalue weighted by Gasteiger charge is 2.39. The molecule has 0 radical (unpaired) electrons. The van der Waals surface area contributed by atoms with Gasteiger partial charge in [0.25, 0.3) is 0 Å². The molecule has 0 saturated carbocycles. The Labute approximate surface area is 320 Å². The third kappa shape index (κ3) is 7.82. The van der Waals surface area contributed by atoms with Gasteiger partial charge in [-0.15, -0.1) is 0 Å². The standard InChI is InChI=1S/2C20H22Br2N2/c2*21-15-5-9-17(10-6-15)23-13-1-3-19(23)20-4-2-14-24(20)18-11-7-16(22)8-12-18/h2*5-12,19-20H,1-4,13-14H2/t2*19-,20-/m10/s1. The number of rotatable bonds is 6. The van der Waals surface area contributed by atoms with Crippen LogP contribution in [0.3, 0.4) is 0 Å². The van der Waals surface area contributed by atoms with Crippen LogP contribution in [0, 0.1) is 0 Å². The van der Waals surface area contributed by atoms with Crippen LogP contribution in [0.4, 0.5) is 22.7 Å². The first-order chi connectivity index (χ1) is 23.4. The SMILES string of the molecule is Brc1ccc(N2CCC[C@@H]2[C@H]2CCCN2c2ccc(Br)cc2)cc1.Brc1ccc(N2CCC[C@H]2[C@@H]2CCCN2c2ccc(Br)cc2)cc1. The summed E-state index contributed by atoms with van der Waals surface area (Å²) in [4.78, 5) is 10.5. The number of anilines is 4. The van der Waals surface area contributed by atoms with Crippen LogP contribution in [0.15, 0.2) is 115 Å². The van der Waals surface area contributed by atoms with Crippen LogP contribution in [0.5, 0.6) is 0 Å². The second-order valence-corrected chi connectivity index (χ2v) is 17.2. The van der Waals surface area contributed by atoms with Crippen LogP contribution in [0.1, 0.15) is 51.4 Å². The summed E-state index contributed by atoms with van der Waals surface area (Å²) in [5.41, 5.74) is 5.46. The van der Waals surface area contributed by atoms with Crippen molar-refractivity contribution in [2.45, 2.75) is 75.5 Å². The predicted molar refractivity (Wildman–Crippen MR) is 218 cm³/mol. The molecule has 0 aliphatic carbocycles. The molecule has 48 heavy (non-hydrogen) atoms. The van der Waals surface area contributed by atoms with Gasteiger partial charge in [-0.25, -0.2) is 0 Å². The lowest BCUT2D eigenvalue weighted by molar-refractivity contribution is 0.521. The Morgan fingerprint density at radius 3 is 0.688 bits per heavy atom. The van der Waals surface area contributed by atoms with Gasteiger partial charge in [0.1, 0.15) is 0 Å². The van der Waals surface area contributed by atoms with Crippen molar-refractivity contribution in [1.29, 1.82) is 0 Å². The predicted octanol–water partition coefficient (Wildman–Crippen LogP) is 11.7. The average Bonchev–Trinajstić information content (AvgIpc) is 3.93. The van der Waals surface area contributed by atoms with Gasteiger partial charge in [0.2, 0.25) is 0 Å². The molecule has 4 aromatic rings. The second kappa shape index (κ2) is 15.9. The molecule has 4 fully saturated rings. The summed E-state index contributed by atoms with van der Waals surface area (Å²) in [5, 5.41) is 0. The summed E-state index contributed by atoms with van der Waals surface area (Å²) in [6, 6.07) is 37.8. The van der Waals surface area contributed by atoms with Crippen molar-refractivity contribution in [3.8, 4) is 0 Å². The molecule has 4 saturated heterocycles. The van der Waals surface area contributed by atoms with Gasteiger partial charge in [-0.2, -0.15) is 0 Å². The maximum absolute atomic E-state index is 3.55. The van der Waals surface area contributed by atoms with Crippen molar-refractivity contribution >= 4 is 86.5 Å². The number of hydrogen-bond donors (Lipinski definition) is 0. The van der Waals surface area contributed by atoms with E-state index in [2.05, 4.69) is 180 Å². The van der Waals surface area contributed by atoms with Gasteiger partial charge in [0, 0.05) is 91.0 Å². The van der Waals surface area contributed by atoms with Gasteiger partial charge < -0.3 is 19.6 Å². The van der Waals surface area contributed by atoms with Crippen molar-refractivity contribution in [2.75, 3.05) is 45.8 Å². The molecule has 4 nitrogen and oxygen atoms in total. The van der Waals surface area contributed by atoms with Crippen LogP contribution in [-0.2, 0) is 0 Å². The molecule has 8 heteroatoms. The van der Waals surface area contributed by atoms with Gasteiger partial charge in [0.05, 0.1) is 0 Å². The fraction of sp³-hybridized carbons (Fsp3) is 0.400. The Bertz CT molecular complexity index is 1370. The Balaban J connectivity index is 0.000000152. The van der Waals surface area contributed by atoms with E-state index in [0.29, 0.717) is 24.2 Å². The van der Waals surface area contributed by atoms with Gasteiger partial charge in [0.15, 0.2) is 0 Å². The number of hydrogen-bond acceptors (Lipinski definition) is 4. The van der Waals surface area contributed by atoms with E-state index in [0.717, 1.165) is 17.9 Å². The Morgan fingerprint density at radius 2 is 0.500 bits per heavy atom. The average molecular weight is 900 g/mol. The van der Waals surface area contributed by atoms with Crippen LogP contribution in [-0.4, -0.2) is 50.3 Å². The first kappa shape index (κ1) is 34.4. The van der Waals surface area contributed by atoms with Crippen LogP contribution in [0.2, 0.25) is 0 Å². The number of nitrogens with zero attached hydrogens (tertiary/aromatic N) is 4. The first-order valence-corrected chi connectivity index (χ1v) is 20.7.